The molecule has 1 fully saturated rings. The average Bonchev–Trinajstić information content (AvgIpc) is 2.46. The minimum Gasteiger partial charge on any atom is -0.480 e. The number of aliphatic carboxylic acids is 1. The van der Waals surface area contributed by atoms with Crippen molar-refractivity contribution in [3.63, 3.8) is 0 Å². The van der Waals surface area contributed by atoms with Crippen LogP contribution >= 0.6 is 0 Å². The smallest absolute Gasteiger partial charge is 0.320 e. The van der Waals surface area contributed by atoms with Gasteiger partial charge in [0.05, 0.1) is 0 Å². The van der Waals surface area contributed by atoms with Gasteiger partial charge in [-0.05, 0) is 24.8 Å². The summed E-state index contributed by atoms with van der Waals surface area (Å²) in [6, 6.07) is 9.05. The molecule has 20 heavy (non-hydrogen) atoms. The first-order chi connectivity index (χ1) is 9.66. The van der Waals surface area contributed by atoms with Crippen molar-refractivity contribution >= 4 is 11.8 Å². The molecule has 0 radical (unpaired) electrons. The second-order valence-corrected chi connectivity index (χ2v) is 5.40. The molecule has 4 nitrogen and oxygen atoms in total. The predicted octanol–water partition coefficient (Wildman–Crippen LogP) is 2.38. The Labute approximate surface area is 119 Å². The molecule has 1 aliphatic rings. The number of carboxylic acid groups (broad SMARTS) is 1. The van der Waals surface area contributed by atoms with Crippen LogP contribution in [0.15, 0.2) is 30.3 Å². The Bertz CT molecular complexity index is 458. The lowest BCUT2D eigenvalue weighted by molar-refractivity contribution is -0.140. The monoisotopic (exact) mass is 275 g/mol. The lowest BCUT2D eigenvalue weighted by Gasteiger charge is -2.24. The molecule has 0 spiro atoms. The second kappa shape index (κ2) is 7.20. The van der Waals surface area contributed by atoms with E-state index in [0.717, 1.165) is 24.8 Å². The molecule has 0 amide bonds. The topological polar surface area (TPSA) is 66.4 Å². The van der Waals surface area contributed by atoms with Gasteiger partial charge in [0.25, 0.3) is 0 Å². The molecule has 1 aliphatic carbocycles. The number of nitrogens with one attached hydrogen (secondary N) is 1. The van der Waals surface area contributed by atoms with Gasteiger partial charge in [-0.3, -0.25) is 9.59 Å². The molecule has 0 saturated heterocycles. The van der Waals surface area contributed by atoms with Gasteiger partial charge in [-0.25, -0.2) is 0 Å². The van der Waals surface area contributed by atoms with E-state index in [-0.39, 0.29) is 11.7 Å². The van der Waals surface area contributed by atoms with Crippen LogP contribution < -0.4 is 5.32 Å². The molecule has 2 unspecified atom stereocenters. The minimum absolute atomic E-state index is 0.0897. The highest BCUT2D eigenvalue weighted by atomic mass is 16.4. The molecular formula is C16H21NO3. The minimum atomic E-state index is -0.876. The third-order valence-electron chi connectivity index (χ3n) is 3.89. The van der Waals surface area contributed by atoms with E-state index < -0.39 is 12.0 Å². The third-order valence-corrected chi connectivity index (χ3v) is 3.89. The van der Waals surface area contributed by atoms with Crippen molar-refractivity contribution in [2.45, 2.75) is 44.7 Å². The Kier molecular flexibility index (Phi) is 5.30. The largest absolute Gasteiger partial charge is 0.480 e. The summed E-state index contributed by atoms with van der Waals surface area (Å²) < 4.78 is 0. The summed E-state index contributed by atoms with van der Waals surface area (Å²) in [5, 5.41) is 12.3. The van der Waals surface area contributed by atoms with Gasteiger partial charge in [-0.15, -0.1) is 0 Å². The predicted molar refractivity (Wildman–Crippen MR) is 76.3 cm³/mol. The van der Waals surface area contributed by atoms with Crippen LogP contribution in [0.2, 0.25) is 0 Å². The lowest BCUT2D eigenvalue weighted by atomic mass is 9.83. The fourth-order valence-electron chi connectivity index (χ4n) is 2.70. The van der Waals surface area contributed by atoms with Crippen LogP contribution in [0.3, 0.4) is 0 Å². The standard InChI is InChI=1S/C16H21NO3/c18-15-9-5-4-8-13(15)10-14(16(19)20)17-11-12-6-2-1-3-7-12/h1-3,6-7,13-14,17H,4-5,8-11H2,(H,19,20). The summed E-state index contributed by atoms with van der Waals surface area (Å²) in [5.41, 5.74) is 1.05. The van der Waals surface area contributed by atoms with E-state index in [1.54, 1.807) is 0 Å². The summed E-state index contributed by atoms with van der Waals surface area (Å²) >= 11 is 0. The van der Waals surface area contributed by atoms with Crippen molar-refractivity contribution in [1.82, 2.24) is 5.32 Å². The van der Waals surface area contributed by atoms with Crippen molar-refractivity contribution < 1.29 is 14.7 Å². The number of Topliss-reactive ketones (excluding diaryl/α,β-unsaturated/α-hetero) is 1. The van der Waals surface area contributed by atoms with E-state index >= 15 is 0 Å². The molecule has 108 valence electrons. The molecule has 2 N–H and O–H groups in total. The molecule has 0 heterocycles. The van der Waals surface area contributed by atoms with Crippen molar-refractivity contribution in [1.29, 1.82) is 0 Å². The zero-order chi connectivity index (χ0) is 14.4. The van der Waals surface area contributed by atoms with Gasteiger partial charge in [-0.2, -0.15) is 0 Å². The van der Waals surface area contributed by atoms with Gasteiger partial charge in [0, 0.05) is 18.9 Å². The van der Waals surface area contributed by atoms with Gasteiger partial charge >= 0.3 is 5.97 Å². The van der Waals surface area contributed by atoms with Gasteiger partial charge in [0.1, 0.15) is 11.8 Å². The number of carbonyl (C=O) groups excluding carboxylic acids is 1. The molecular weight excluding hydrogens is 254 g/mol. The van der Waals surface area contributed by atoms with Crippen LogP contribution in [-0.2, 0) is 16.1 Å². The maximum absolute atomic E-state index is 11.8. The summed E-state index contributed by atoms with van der Waals surface area (Å²) in [6.45, 7) is 0.513. The molecule has 2 rings (SSSR count). The lowest BCUT2D eigenvalue weighted by Crippen LogP contribution is -2.39. The first-order valence-electron chi connectivity index (χ1n) is 7.19. The fraction of sp³-hybridized carbons (Fsp3) is 0.500. The highest BCUT2D eigenvalue weighted by molar-refractivity contribution is 5.83. The molecule has 1 saturated carbocycles. The quantitative estimate of drug-likeness (QED) is 0.836. The van der Waals surface area contributed by atoms with Crippen LogP contribution in [0.25, 0.3) is 0 Å². The van der Waals surface area contributed by atoms with Gasteiger partial charge in [0.2, 0.25) is 0 Å². The Morgan fingerprint density at radius 3 is 2.70 bits per heavy atom. The number of hydrogen-bond donors (Lipinski definition) is 2. The molecule has 0 bridgehead atoms. The van der Waals surface area contributed by atoms with E-state index in [0.29, 0.717) is 19.4 Å². The van der Waals surface area contributed by atoms with Crippen LogP contribution in [0, 0.1) is 5.92 Å². The number of hydrogen-bond acceptors (Lipinski definition) is 3. The summed E-state index contributed by atoms with van der Waals surface area (Å²) in [5.74, 6) is -0.739. The molecule has 1 aromatic rings. The summed E-state index contributed by atoms with van der Waals surface area (Å²) in [6.07, 6.45) is 3.82. The first-order valence-corrected chi connectivity index (χ1v) is 7.19. The molecule has 4 heteroatoms. The molecule has 0 aromatic heterocycles. The summed E-state index contributed by atoms with van der Waals surface area (Å²) in [4.78, 5) is 23.1. The second-order valence-electron chi connectivity index (χ2n) is 5.40. The van der Waals surface area contributed by atoms with Crippen LogP contribution in [0.1, 0.15) is 37.7 Å². The van der Waals surface area contributed by atoms with Crippen molar-refractivity contribution in [3.05, 3.63) is 35.9 Å². The first kappa shape index (κ1) is 14.7. The normalized spacial score (nSPS) is 20.6. The van der Waals surface area contributed by atoms with E-state index in [1.807, 2.05) is 30.3 Å². The Morgan fingerprint density at radius 2 is 2.05 bits per heavy atom. The number of carbonyl (C=O) groups is 2. The number of benzene rings is 1. The van der Waals surface area contributed by atoms with Crippen molar-refractivity contribution in [3.8, 4) is 0 Å². The van der Waals surface area contributed by atoms with Crippen LogP contribution in [-0.4, -0.2) is 22.9 Å². The average molecular weight is 275 g/mol. The molecule has 1 aromatic carbocycles. The van der Waals surface area contributed by atoms with Crippen molar-refractivity contribution in [2.24, 2.45) is 5.92 Å². The fourth-order valence-corrected chi connectivity index (χ4v) is 2.70. The summed E-state index contributed by atoms with van der Waals surface area (Å²) in [7, 11) is 0. The highest BCUT2D eigenvalue weighted by Crippen LogP contribution is 2.24. The van der Waals surface area contributed by atoms with Crippen molar-refractivity contribution in [2.75, 3.05) is 0 Å². The van der Waals surface area contributed by atoms with Gasteiger partial charge in [0.15, 0.2) is 0 Å². The van der Waals surface area contributed by atoms with Gasteiger partial charge in [-0.1, -0.05) is 36.8 Å². The van der Waals surface area contributed by atoms with E-state index in [9.17, 15) is 14.7 Å². The van der Waals surface area contributed by atoms with E-state index in [2.05, 4.69) is 5.32 Å². The number of rotatable bonds is 6. The number of carboxylic acids is 1. The van der Waals surface area contributed by atoms with Gasteiger partial charge < -0.3 is 10.4 Å². The molecule has 0 aliphatic heterocycles. The molecule has 2 atom stereocenters. The van der Waals surface area contributed by atoms with Crippen LogP contribution in [0.5, 0.6) is 0 Å². The highest BCUT2D eigenvalue weighted by Gasteiger charge is 2.28. The third kappa shape index (κ3) is 4.17. The van der Waals surface area contributed by atoms with E-state index in [1.165, 1.54) is 0 Å². The maximum atomic E-state index is 11.8. The zero-order valence-electron chi connectivity index (χ0n) is 11.5. The Balaban J connectivity index is 1.90. The Hall–Kier alpha value is -1.68. The Morgan fingerprint density at radius 1 is 1.30 bits per heavy atom. The van der Waals surface area contributed by atoms with E-state index in [4.69, 9.17) is 0 Å². The maximum Gasteiger partial charge on any atom is 0.320 e. The number of ketones is 1. The SMILES string of the molecule is O=C1CCCCC1CC(NCc1ccccc1)C(=O)O. The van der Waals surface area contributed by atoms with Crippen LogP contribution in [0.4, 0.5) is 0 Å². The zero-order valence-corrected chi connectivity index (χ0v) is 11.5.